The Bertz CT molecular complexity index is 1280. The van der Waals surface area contributed by atoms with E-state index in [1.807, 2.05) is 0 Å². The molecule has 1 fully saturated rings. The molecule has 0 radical (unpaired) electrons. The molecular weight excluding hydrogens is 489 g/mol. The first-order valence-electron chi connectivity index (χ1n) is 11.0. The first-order chi connectivity index (χ1) is 16.3. The molecule has 1 saturated heterocycles. The Kier molecular flexibility index (Phi) is 6.73. The monoisotopic (exact) mass is 514 g/mol. The van der Waals surface area contributed by atoms with Gasteiger partial charge in [-0.25, -0.2) is 9.78 Å². The molecule has 0 aliphatic carbocycles. The average molecular weight is 515 g/mol. The minimum atomic E-state index is -4.49. The molecule has 4 rings (SSSR count). The molecule has 9 nitrogen and oxygen atoms in total. The summed E-state index contributed by atoms with van der Waals surface area (Å²) in [5.74, 6) is 0.310. The third kappa shape index (κ3) is 5.54. The quantitative estimate of drug-likeness (QED) is 0.520. The molecule has 13 heteroatoms. The number of aromatic nitrogens is 4. The van der Waals surface area contributed by atoms with Crippen molar-refractivity contribution < 1.29 is 23.0 Å². The molecule has 35 heavy (non-hydrogen) atoms. The summed E-state index contributed by atoms with van der Waals surface area (Å²) in [6.07, 6.45) is -4.71. The summed E-state index contributed by atoms with van der Waals surface area (Å²) in [5, 5.41) is 13.3. The van der Waals surface area contributed by atoms with Crippen LogP contribution in [-0.2, 0) is 18.3 Å². The normalized spacial score (nSPS) is 17.3. The van der Waals surface area contributed by atoms with Crippen molar-refractivity contribution in [2.75, 3.05) is 29.9 Å². The molecule has 190 valence electrons. The van der Waals surface area contributed by atoms with Gasteiger partial charge in [-0.1, -0.05) is 11.6 Å². The number of fused-ring (bicyclic) bond motifs is 1. The number of anilines is 3. The van der Waals surface area contributed by atoms with E-state index >= 15 is 0 Å². The maximum atomic E-state index is 13.1. The Morgan fingerprint density at radius 2 is 2.03 bits per heavy atom. The maximum Gasteiger partial charge on any atom is 0.416 e. The smallest absolute Gasteiger partial charge is 0.390 e. The molecule has 1 aliphatic heterocycles. The Labute approximate surface area is 204 Å². The molecule has 1 atom stereocenters. The molecule has 2 aromatic heterocycles. The lowest BCUT2D eigenvalue weighted by atomic mass is 10.1. The van der Waals surface area contributed by atoms with Crippen molar-refractivity contribution in [2.24, 2.45) is 7.05 Å². The number of rotatable bonds is 6. The van der Waals surface area contributed by atoms with Crippen LogP contribution < -0.4 is 15.9 Å². The number of aliphatic hydroxyl groups is 1. The van der Waals surface area contributed by atoms with Crippen molar-refractivity contribution in [3.8, 4) is 0 Å². The third-order valence-corrected chi connectivity index (χ3v) is 6.08. The summed E-state index contributed by atoms with van der Waals surface area (Å²) >= 11 is 6.27. The van der Waals surface area contributed by atoms with Crippen LogP contribution in [0.15, 0.2) is 29.2 Å². The fourth-order valence-corrected chi connectivity index (χ4v) is 3.99. The van der Waals surface area contributed by atoms with E-state index in [1.165, 1.54) is 15.7 Å². The van der Waals surface area contributed by atoms with Gasteiger partial charge >= 0.3 is 11.9 Å². The number of hydrogen-bond donors (Lipinski definition) is 2. The molecule has 0 bridgehead atoms. The van der Waals surface area contributed by atoms with Crippen molar-refractivity contribution in [2.45, 2.75) is 44.7 Å². The highest BCUT2D eigenvalue weighted by atomic mass is 35.5. The van der Waals surface area contributed by atoms with Gasteiger partial charge in [-0.15, -0.1) is 0 Å². The van der Waals surface area contributed by atoms with Gasteiger partial charge in [-0.2, -0.15) is 18.2 Å². The summed E-state index contributed by atoms with van der Waals surface area (Å²) < 4.78 is 47.3. The summed E-state index contributed by atoms with van der Waals surface area (Å²) in [5.41, 5.74) is 0.778. The predicted molar refractivity (Wildman–Crippen MR) is 126 cm³/mol. The van der Waals surface area contributed by atoms with E-state index in [9.17, 15) is 23.1 Å². The van der Waals surface area contributed by atoms with E-state index in [-0.39, 0.29) is 35.6 Å². The SMILES string of the molecule is Cn1c(=O)n(CCC(C)(C)O)c2cc(Nc3nc(N4CCOC(C(F)(F)F)C4)ncc3Cl)ccc21. The van der Waals surface area contributed by atoms with Gasteiger partial charge in [0.05, 0.1) is 36.0 Å². The van der Waals surface area contributed by atoms with E-state index in [0.29, 0.717) is 29.7 Å². The molecule has 0 amide bonds. The van der Waals surface area contributed by atoms with Crippen LogP contribution in [0.1, 0.15) is 20.3 Å². The Balaban J connectivity index is 1.62. The van der Waals surface area contributed by atoms with Gasteiger partial charge in [0, 0.05) is 25.8 Å². The number of ether oxygens (including phenoxy) is 1. The number of nitrogens with zero attached hydrogens (tertiary/aromatic N) is 5. The Hall–Kier alpha value is -2.83. The molecule has 1 aromatic carbocycles. The first-order valence-corrected chi connectivity index (χ1v) is 11.4. The zero-order chi connectivity index (χ0) is 25.5. The van der Waals surface area contributed by atoms with Crippen molar-refractivity contribution in [1.29, 1.82) is 0 Å². The zero-order valence-corrected chi connectivity index (χ0v) is 20.2. The lowest BCUT2D eigenvalue weighted by Gasteiger charge is -2.33. The fraction of sp³-hybridized carbons (Fsp3) is 0.500. The number of alkyl halides is 3. The van der Waals surface area contributed by atoms with E-state index < -0.39 is 24.4 Å². The molecule has 0 saturated carbocycles. The van der Waals surface area contributed by atoms with Crippen LogP contribution in [0.25, 0.3) is 11.0 Å². The largest absolute Gasteiger partial charge is 0.416 e. The van der Waals surface area contributed by atoms with E-state index in [1.54, 1.807) is 43.7 Å². The van der Waals surface area contributed by atoms with Crippen LogP contribution in [0.2, 0.25) is 5.02 Å². The molecule has 1 aliphatic rings. The minimum absolute atomic E-state index is 0.0947. The summed E-state index contributed by atoms with van der Waals surface area (Å²) in [4.78, 5) is 22.6. The summed E-state index contributed by atoms with van der Waals surface area (Å²) in [7, 11) is 1.67. The van der Waals surface area contributed by atoms with Gasteiger partial charge in [0.2, 0.25) is 5.95 Å². The lowest BCUT2D eigenvalue weighted by Crippen LogP contribution is -2.49. The van der Waals surface area contributed by atoms with Crippen molar-refractivity contribution in [3.63, 3.8) is 0 Å². The zero-order valence-electron chi connectivity index (χ0n) is 19.4. The molecule has 3 heterocycles. The number of aryl methyl sites for hydroxylation is 2. The molecule has 2 N–H and O–H groups in total. The highest BCUT2D eigenvalue weighted by Gasteiger charge is 2.43. The van der Waals surface area contributed by atoms with Crippen molar-refractivity contribution >= 4 is 40.1 Å². The topological polar surface area (TPSA) is 97.4 Å². The highest BCUT2D eigenvalue weighted by Crippen LogP contribution is 2.30. The summed E-state index contributed by atoms with van der Waals surface area (Å²) in [6.45, 7) is 3.35. The van der Waals surface area contributed by atoms with Crippen molar-refractivity contribution in [3.05, 3.63) is 39.9 Å². The standard InChI is InChI=1S/C22H26ClF3N6O3/c1-21(2,34)6-7-32-16-10-13(4-5-15(16)30(3)20(32)33)28-18-14(23)11-27-19(29-18)31-8-9-35-17(12-31)22(24,25)26/h4-5,10-11,17,34H,6-9,12H2,1-3H3,(H,27,28,29). The van der Waals surface area contributed by atoms with Gasteiger partial charge in [-0.3, -0.25) is 9.13 Å². The van der Waals surface area contributed by atoms with Gasteiger partial charge in [-0.05, 0) is 38.5 Å². The Morgan fingerprint density at radius 3 is 2.71 bits per heavy atom. The molecule has 3 aromatic rings. The van der Waals surface area contributed by atoms with Gasteiger partial charge < -0.3 is 20.1 Å². The minimum Gasteiger partial charge on any atom is -0.390 e. The Morgan fingerprint density at radius 1 is 1.29 bits per heavy atom. The number of imidazole rings is 1. The van der Waals surface area contributed by atoms with E-state index in [2.05, 4.69) is 15.3 Å². The first kappa shape index (κ1) is 25.3. The third-order valence-electron chi connectivity index (χ3n) is 5.80. The van der Waals surface area contributed by atoms with Gasteiger partial charge in [0.25, 0.3) is 0 Å². The highest BCUT2D eigenvalue weighted by molar-refractivity contribution is 6.32. The van der Waals surface area contributed by atoms with Crippen LogP contribution in [0.4, 0.5) is 30.6 Å². The van der Waals surface area contributed by atoms with Gasteiger partial charge in [0.15, 0.2) is 11.9 Å². The number of halogens is 4. The van der Waals surface area contributed by atoms with E-state index in [0.717, 1.165) is 0 Å². The molecule has 1 unspecified atom stereocenters. The predicted octanol–water partition coefficient (Wildman–Crippen LogP) is 3.46. The van der Waals surface area contributed by atoms with E-state index in [4.69, 9.17) is 16.3 Å². The number of morpholine rings is 1. The average Bonchev–Trinajstić information content (AvgIpc) is 3.02. The van der Waals surface area contributed by atoms with Gasteiger partial charge in [0.1, 0.15) is 5.02 Å². The second kappa shape index (κ2) is 9.32. The number of hydrogen-bond acceptors (Lipinski definition) is 7. The fourth-order valence-electron chi connectivity index (χ4n) is 3.85. The van der Waals surface area contributed by atoms with Crippen LogP contribution in [-0.4, -0.2) is 61.8 Å². The van der Waals surface area contributed by atoms with Crippen molar-refractivity contribution in [1.82, 2.24) is 19.1 Å². The van der Waals surface area contributed by atoms with Crippen LogP contribution in [0.3, 0.4) is 0 Å². The van der Waals surface area contributed by atoms with Crippen LogP contribution >= 0.6 is 11.6 Å². The number of benzene rings is 1. The van der Waals surface area contributed by atoms with Crippen LogP contribution in [0.5, 0.6) is 0 Å². The van der Waals surface area contributed by atoms with Crippen LogP contribution in [0, 0.1) is 0 Å². The second-order valence-corrected chi connectivity index (χ2v) is 9.50. The molecule has 0 spiro atoms. The molecular formula is C22H26ClF3N6O3. The summed E-state index contributed by atoms with van der Waals surface area (Å²) in [6, 6.07) is 5.27. The maximum absolute atomic E-state index is 13.1. The lowest BCUT2D eigenvalue weighted by molar-refractivity contribution is -0.221. The second-order valence-electron chi connectivity index (χ2n) is 9.10. The number of nitrogens with one attached hydrogen (secondary N) is 1.